The summed E-state index contributed by atoms with van der Waals surface area (Å²) < 4.78 is 6.60. The number of hydrogen-bond donors (Lipinski definition) is 0. The topological polar surface area (TPSA) is 57.0 Å². The second kappa shape index (κ2) is 4.74. The van der Waals surface area contributed by atoms with Gasteiger partial charge in [0.2, 0.25) is 0 Å². The van der Waals surface area contributed by atoms with Gasteiger partial charge in [-0.1, -0.05) is 0 Å². The molecule has 5 nitrogen and oxygen atoms in total. The van der Waals surface area contributed by atoms with Crippen molar-refractivity contribution in [3.8, 4) is 0 Å². The van der Waals surface area contributed by atoms with Crippen LogP contribution in [0.25, 0.3) is 0 Å². The number of aromatic nitrogens is 3. The molecular formula is C9H15N3O2. The van der Waals surface area contributed by atoms with Crippen molar-refractivity contribution in [2.24, 2.45) is 0 Å². The number of rotatable bonds is 4. The number of hydrogen-bond acceptors (Lipinski definition) is 4. The molecule has 1 aromatic heterocycles. The normalized spacial score (nSPS) is 12.5. The first-order valence-electron chi connectivity index (χ1n) is 4.75. The van der Waals surface area contributed by atoms with Crippen molar-refractivity contribution < 1.29 is 9.53 Å². The number of carbonyl (C=O) groups is 1. The number of carbonyl (C=O) groups excluding carboxylic acids is 1. The van der Waals surface area contributed by atoms with Crippen LogP contribution in [0.4, 0.5) is 0 Å². The lowest BCUT2D eigenvalue weighted by Crippen LogP contribution is -2.17. The third-order valence-electron chi connectivity index (χ3n) is 1.97. The highest BCUT2D eigenvalue weighted by atomic mass is 16.5. The van der Waals surface area contributed by atoms with Crippen LogP contribution in [0.3, 0.4) is 0 Å². The number of nitrogens with zero attached hydrogens (tertiary/aromatic N) is 3. The number of aryl methyl sites for hydroxylation is 1. The summed E-state index contributed by atoms with van der Waals surface area (Å²) in [6.07, 6.45) is 1.45. The fraction of sp³-hybridized carbons (Fsp3) is 0.667. The lowest BCUT2D eigenvalue weighted by Gasteiger charge is -2.10. The predicted molar refractivity (Wildman–Crippen MR) is 50.7 cm³/mol. The van der Waals surface area contributed by atoms with Crippen LogP contribution in [-0.2, 0) is 16.1 Å². The van der Waals surface area contributed by atoms with Crippen molar-refractivity contribution in [2.75, 3.05) is 6.61 Å². The average Bonchev–Trinajstić information content (AvgIpc) is 2.64. The summed E-state index contributed by atoms with van der Waals surface area (Å²) in [6, 6.07) is 0. The molecule has 0 aliphatic carbocycles. The van der Waals surface area contributed by atoms with E-state index in [4.69, 9.17) is 4.74 Å². The van der Waals surface area contributed by atoms with Gasteiger partial charge < -0.3 is 4.74 Å². The van der Waals surface area contributed by atoms with Crippen LogP contribution in [0.1, 0.15) is 32.5 Å². The van der Waals surface area contributed by atoms with Crippen LogP contribution in [0.5, 0.6) is 0 Å². The lowest BCUT2D eigenvalue weighted by molar-refractivity contribution is -0.144. The maximum atomic E-state index is 11.4. The summed E-state index contributed by atoms with van der Waals surface area (Å²) in [5, 5.41) is 4.00. The van der Waals surface area contributed by atoms with Gasteiger partial charge in [-0.3, -0.25) is 4.79 Å². The fourth-order valence-corrected chi connectivity index (χ4v) is 1.22. The van der Waals surface area contributed by atoms with Crippen LogP contribution in [0, 0.1) is 0 Å². The summed E-state index contributed by atoms with van der Waals surface area (Å²) in [6.45, 7) is 6.61. The lowest BCUT2D eigenvalue weighted by atomic mass is 10.2. The molecule has 0 N–H and O–H groups in total. The van der Waals surface area contributed by atoms with E-state index in [9.17, 15) is 4.79 Å². The molecule has 1 unspecified atom stereocenters. The molecule has 0 aliphatic rings. The summed E-state index contributed by atoms with van der Waals surface area (Å²) in [7, 11) is 0. The van der Waals surface area contributed by atoms with E-state index in [0.717, 1.165) is 0 Å². The third-order valence-corrected chi connectivity index (χ3v) is 1.97. The van der Waals surface area contributed by atoms with E-state index in [0.29, 0.717) is 19.0 Å². The Morgan fingerprint density at radius 1 is 1.64 bits per heavy atom. The van der Waals surface area contributed by atoms with Crippen molar-refractivity contribution in [3.05, 3.63) is 12.2 Å². The average molecular weight is 197 g/mol. The van der Waals surface area contributed by atoms with Gasteiger partial charge in [0, 0.05) is 6.54 Å². The predicted octanol–water partition coefficient (Wildman–Crippen LogP) is 0.965. The van der Waals surface area contributed by atoms with Crippen LogP contribution in [-0.4, -0.2) is 27.3 Å². The molecule has 0 spiro atoms. The monoisotopic (exact) mass is 197 g/mol. The first-order chi connectivity index (χ1) is 6.70. The molecule has 0 fully saturated rings. The van der Waals surface area contributed by atoms with E-state index in [-0.39, 0.29) is 11.9 Å². The van der Waals surface area contributed by atoms with E-state index in [1.165, 1.54) is 6.33 Å². The minimum atomic E-state index is -0.350. The summed E-state index contributed by atoms with van der Waals surface area (Å²) >= 11 is 0. The van der Waals surface area contributed by atoms with E-state index in [2.05, 4.69) is 10.1 Å². The Labute approximate surface area is 83.1 Å². The first-order valence-corrected chi connectivity index (χ1v) is 4.75. The second-order valence-electron chi connectivity index (χ2n) is 2.91. The molecule has 0 aliphatic heterocycles. The van der Waals surface area contributed by atoms with Crippen LogP contribution >= 0.6 is 0 Å². The largest absolute Gasteiger partial charge is 0.465 e. The van der Waals surface area contributed by atoms with Crippen LogP contribution in [0.2, 0.25) is 0 Å². The summed E-state index contributed by atoms with van der Waals surface area (Å²) in [5.74, 6) is 0.0542. The minimum absolute atomic E-state index is 0.254. The minimum Gasteiger partial charge on any atom is -0.465 e. The molecule has 1 heterocycles. The van der Waals surface area contributed by atoms with Gasteiger partial charge in [0.05, 0.1) is 6.61 Å². The van der Waals surface area contributed by atoms with Gasteiger partial charge in [-0.2, -0.15) is 5.10 Å². The molecule has 1 rings (SSSR count). The Morgan fingerprint density at radius 3 is 2.93 bits per heavy atom. The molecule has 78 valence electrons. The Bertz CT molecular complexity index is 309. The first kappa shape index (κ1) is 10.7. The van der Waals surface area contributed by atoms with Gasteiger partial charge in [-0.25, -0.2) is 9.67 Å². The molecule has 0 radical (unpaired) electrons. The van der Waals surface area contributed by atoms with Gasteiger partial charge in [0.25, 0.3) is 0 Å². The van der Waals surface area contributed by atoms with E-state index in [1.54, 1.807) is 18.5 Å². The summed E-state index contributed by atoms with van der Waals surface area (Å²) in [4.78, 5) is 15.4. The van der Waals surface area contributed by atoms with Gasteiger partial charge in [0.1, 0.15) is 18.1 Å². The molecule has 0 saturated heterocycles. The third kappa shape index (κ3) is 2.10. The van der Waals surface area contributed by atoms with E-state index >= 15 is 0 Å². The van der Waals surface area contributed by atoms with Crippen molar-refractivity contribution in [2.45, 2.75) is 33.2 Å². The Hall–Kier alpha value is -1.39. The fourth-order valence-electron chi connectivity index (χ4n) is 1.22. The quantitative estimate of drug-likeness (QED) is 0.675. The molecule has 0 aromatic carbocycles. The number of esters is 1. The molecule has 14 heavy (non-hydrogen) atoms. The molecule has 0 saturated carbocycles. The zero-order valence-corrected chi connectivity index (χ0v) is 8.73. The van der Waals surface area contributed by atoms with Gasteiger partial charge >= 0.3 is 5.97 Å². The van der Waals surface area contributed by atoms with Crippen LogP contribution < -0.4 is 0 Å². The van der Waals surface area contributed by atoms with E-state index in [1.807, 2.05) is 6.92 Å². The van der Waals surface area contributed by atoms with Crippen molar-refractivity contribution >= 4 is 5.97 Å². The standard InChI is InChI=1S/C9H15N3O2/c1-4-12-8(10-6-11-12)7(3)9(13)14-5-2/h6-7H,4-5H2,1-3H3. The smallest absolute Gasteiger partial charge is 0.316 e. The van der Waals surface area contributed by atoms with Gasteiger partial charge in [-0.15, -0.1) is 0 Å². The Kier molecular flexibility index (Phi) is 3.62. The molecule has 0 amide bonds. The maximum Gasteiger partial charge on any atom is 0.316 e. The van der Waals surface area contributed by atoms with Gasteiger partial charge in [-0.05, 0) is 20.8 Å². The highest BCUT2D eigenvalue weighted by Gasteiger charge is 2.21. The zero-order chi connectivity index (χ0) is 10.6. The second-order valence-corrected chi connectivity index (χ2v) is 2.91. The highest BCUT2D eigenvalue weighted by molar-refractivity contribution is 5.76. The van der Waals surface area contributed by atoms with Crippen molar-refractivity contribution in [1.29, 1.82) is 0 Å². The molecule has 1 aromatic rings. The number of ether oxygens (including phenoxy) is 1. The zero-order valence-electron chi connectivity index (χ0n) is 8.73. The Balaban J connectivity index is 2.77. The van der Waals surface area contributed by atoms with E-state index < -0.39 is 0 Å². The van der Waals surface area contributed by atoms with Crippen LogP contribution in [0.15, 0.2) is 6.33 Å². The molecule has 0 bridgehead atoms. The molecule has 5 heteroatoms. The highest BCUT2D eigenvalue weighted by Crippen LogP contribution is 2.13. The Morgan fingerprint density at radius 2 is 2.36 bits per heavy atom. The van der Waals surface area contributed by atoms with Gasteiger partial charge in [0.15, 0.2) is 0 Å². The molecule has 1 atom stereocenters. The van der Waals surface area contributed by atoms with Crippen molar-refractivity contribution in [1.82, 2.24) is 14.8 Å². The summed E-state index contributed by atoms with van der Waals surface area (Å²) in [5.41, 5.74) is 0. The maximum absolute atomic E-state index is 11.4. The van der Waals surface area contributed by atoms with Crippen molar-refractivity contribution in [3.63, 3.8) is 0 Å². The molecular weight excluding hydrogens is 182 g/mol. The SMILES string of the molecule is CCOC(=O)C(C)c1ncnn1CC.